The Balaban J connectivity index is 1.42. The van der Waals surface area contributed by atoms with Crippen LogP contribution in [0.15, 0.2) is 47.8 Å². The summed E-state index contributed by atoms with van der Waals surface area (Å²) in [5.74, 6) is 0.530. The molecule has 1 atom stereocenters. The fraction of sp³-hybridized carbons (Fsp3) is 0.261. The smallest absolute Gasteiger partial charge is 0.267 e. The molecule has 1 N–H and O–H groups in total. The third-order valence-corrected chi connectivity index (χ3v) is 5.87. The Bertz CT molecular complexity index is 1090. The second kappa shape index (κ2) is 8.28. The van der Waals surface area contributed by atoms with Gasteiger partial charge in [-0.25, -0.2) is 4.98 Å². The topological polar surface area (TPSA) is 71.5 Å². The Kier molecular flexibility index (Phi) is 5.55. The second-order valence-electron chi connectivity index (χ2n) is 7.41. The first kappa shape index (κ1) is 20.1. The molecule has 4 rings (SSSR count). The number of ether oxygens (including phenoxy) is 1. The number of carbonyl (C=O) groups is 2. The number of aryl methyl sites for hydroxylation is 2. The first-order valence-corrected chi connectivity index (χ1v) is 10.7. The molecule has 3 aromatic rings. The summed E-state index contributed by atoms with van der Waals surface area (Å²) in [4.78, 5) is 30.6. The summed E-state index contributed by atoms with van der Waals surface area (Å²) in [7, 11) is 1.74. The van der Waals surface area contributed by atoms with Crippen LogP contribution in [0.2, 0.25) is 0 Å². The minimum absolute atomic E-state index is 0.0605. The lowest BCUT2D eigenvalue weighted by Gasteiger charge is -2.30. The van der Waals surface area contributed by atoms with Gasteiger partial charge >= 0.3 is 0 Å². The molecule has 0 saturated heterocycles. The van der Waals surface area contributed by atoms with E-state index in [1.54, 1.807) is 18.9 Å². The number of aromatic nitrogens is 1. The predicted molar refractivity (Wildman–Crippen MR) is 119 cm³/mol. The van der Waals surface area contributed by atoms with Gasteiger partial charge in [-0.3, -0.25) is 9.59 Å². The van der Waals surface area contributed by atoms with E-state index in [1.165, 1.54) is 16.9 Å². The van der Waals surface area contributed by atoms with E-state index >= 15 is 0 Å². The zero-order valence-corrected chi connectivity index (χ0v) is 18.0. The lowest BCUT2D eigenvalue weighted by atomic mass is 10.1. The molecule has 2 heterocycles. The van der Waals surface area contributed by atoms with E-state index in [-0.39, 0.29) is 11.8 Å². The van der Waals surface area contributed by atoms with E-state index in [9.17, 15) is 9.59 Å². The molecule has 0 unspecified atom stereocenters. The summed E-state index contributed by atoms with van der Waals surface area (Å²) in [6.45, 7) is 3.78. The average Bonchev–Trinajstić information content (AvgIpc) is 3.20. The number of nitrogens with one attached hydrogen (secondary N) is 1. The first-order valence-electron chi connectivity index (χ1n) is 9.80. The van der Waals surface area contributed by atoms with Crippen molar-refractivity contribution in [2.75, 3.05) is 17.3 Å². The van der Waals surface area contributed by atoms with Crippen molar-refractivity contribution in [3.05, 3.63) is 59.0 Å². The molecule has 0 saturated carbocycles. The maximum absolute atomic E-state index is 12.3. The summed E-state index contributed by atoms with van der Waals surface area (Å²) < 4.78 is 5.67. The van der Waals surface area contributed by atoms with Gasteiger partial charge < -0.3 is 15.0 Å². The minimum atomic E-state index is -0.491. The van der Waals surface area contributed by atoms with E-state index in [2.05, 4.69) is 22.4 Å². The summed E-state index contributed by atoms with van der Waals surface area (Å²) in [5, 5.41) is 5.33. The molecule has 2 aromatic carbocycles. The molecule has 2 amide bonds. The maximum Gasteiger partial charge on any atom is 0.267 e. The van der Waals surface area contributed by atoms with Crippen molar-refractivity contribution in [3.8, 4) is 17.0 Å². The Labute approximate surface area is 179 Å². The summed E-state index contributed by atoms with van der Waals surface area (Å²) in [6.07, 6.45) is 0.599. The highest BCUT2D eigenvalue weighted by Gasteiger charge is 2.29. The molecule has 0 aliphatic carbocycles. The lowest BCUT2D eigenvalue weighted by molar-refractivity contribution is -0.125. The number of nitrogens with zero attached hydrogens (tertiary/aromatic N) is 2. The Morgan fingerprint density at radius 3 is 2.77 bits per heavy atom. The number of hydrogen-bond donors (Lipinski definition) is 1. The van der Waals surface area contributed by atoms with Crippen LogP contribution in [0.25, 0.3) is 11.3 Å². The monoisotopic (exact) mass is 421 g/mol. The van der Waals surface area contributed by atoms with Crippen LogP contribution in [0.1, 0.15) is 24.5 Å². The third kappa shape index (κ3) is 4.21. The molecule has 0 fully saturated rings. The van der Waals surface area contributed by atoms with E-state index < -0.39 is 6.10 Å². The van der Waals surface area contributed by atoms with Gasteiger partial charge in [-0.2, -0.15) is 0 Å². The van der Waals surface area contributed by atoms with Crippen LogP contribution in [-0.2, 0) is 16.0 Å². The molecule has 1 aliphatic rings. The predicted octanol–water partition coefficient (Wildman–Crippen LogP) is 4.43. The maximum atomic E-state index is 12.3. The van der Waals surface area contributed by atoms with Crippen LogP contribution >= 0.6 is 11.3 Å². The van der Waals surface area contributed by atoms with Crippen molar-refractivity contribution in [1.29, 1.82) is 0 Å². The fourth-order valence-corrected chi connectivity index (χ4v) is 4.06. The van der Waals surface area contributed by atoms with Gasteiger partial charge in [0.05, 0.1) is 11.4 Å². The summed E-state index contributed by atoms with van der Waals surface area (Å²) in [6, 6.07) is 13.8. The molecule has 7 heteroatoms. The number of carbonyl (C=O) groups excluding carboxylic acids is 2. The van der Waals surface area contributed by atoms with Gasteiger partial charge in [0.25, 0.3) is 5.91 Å². The number of amides is 2. The van der Waals surface area contributed by atoms with E-state index in [1.807, 2.05) is 42.6 Å². The second-order valence-corrected chi connectivity index (χ2v) is 8.27. The van der Waals surface area contributed by atoms with Crippen LogP contribution in [0.4, 0.5) is 10.8 Å². The highest BCUT2D eigenvalue weighted by atomic mass is 32.1. The zero-order chi connectivity index (χ0) is 21.3. The van der Waals surface area contributed by atoms with Crippen molar-refractivity contribution in [3.63, 3.8) is 0 Å². The number of anilines is 2. The number of fused-ring (bicyclic) bond motifs is 1. The van der Waals surface area contributed by atoms with Gasteiger partial charge in [-0.05, 0) is 44.0 Å². The first-order chi connectivity index (χ1) is 14.4. The van der Waals surface area contributed by atoms with Gasteiger partial charge in [0.2, 0.25) is 5.91 Å². The average molecular weight is 422 g/mol. The highest BCUT2D eigenvalue weighted by Crippen LogP contribution is 2.37. The van der Waals surface area contributed by atoms with E-state index in [0.717, 1.165) is 16.8 Å². The number of benzene rings is 2. The van der Waals surface area contributed by atoms with Crippen LogP contribution < -0.4 is 15.0 Å². The van der Waals surface area contributed by atoms with E-state index in [0.29, 0.717) is 29.4 Å². The van der Waals surface area contributed by atoms with Crippen LogP contribution in [0.5, 0.6) is 5.75 Å². The molecule has 1 aromatic heterocycles. The Hall–Kier alpha value is -3.19. The Morgan fingerprint density at radius 1 is 1.23 bits per heavy atom. The van der Waals surface area contributed by atoms with E-state index in [4.69, 9.17) is 4.74 Å². The number of likely N-dealkylation sites (N-methyl/N-ethyl adjacent to an activating group) is 1. The van der Waals surface area contributed by atoms with Gasteiger partial charge in [-0.1, -0.05) is 29.8 Å². The Morgan fingerprint density at radius 2 is 2.00 bits per heavy atom. The zero-order valence-electron chi connectivity index (χ0n) is 17.1. The molecular formula is C23H23N3O3S. The molecule has 0 spiro atoms. The number of hydrogen-bond acceptors (Lipinski definition) is 5. The largest absolute Gasteiger partial charge is 0.479 e. The van der Waals surface area contributed by atoms with Crippen LogP contribution in [-0.4, -0.2) is 29.9 Å². The minimum Gasteiger partial charge on any atom is -0.479 e. The van der Waals surface area contributed by atoms with Crippen molar-refractivity contribution in [2.45, 2.75) is 32.8 Å². The van der Waals surface area contributed by atoms with Gasteiger partial charge in [0.15, 0.2) is 11.2 Å². The molecule has 30 heavy (non-hydrogen) atoms. The molecule has 154 valence electrons. The van der Waals surface area contributed by atoms with Crippen LogP contribution in [0, 0.1) is 6.92 Å². The van der Waals surface area contributed by atoms with Crippen molar-refractivity contribution >= 4 is 34.0 Å². The van der Waals surface area contributed by atoms with Gasteiger partial charge in [0.1, 0.15) is 5.75 Å². The van der Waals surface area contributed by atoms with Crippen molar-refractivity contribution in [2.24, 2.45) is 0 Å². The number of thiazole rings is 1. The number of rotatable bonds is 5. The van der Waals surface area contributed by atoms with Gasteiger partial charge in [0, 0.05) is 24.4 Å². The third-order valence-electron chi connectivity index (χ3n) is 5.11. The van der Waals surface area contributed by atoms with Crippen molar-refractivity contribution < 1.29 is 14.3 Å². The molecule has 0 bridgehead atoms. The fourth-order valence-electron chi connectivity index (χ4n) is 3.33. The molecule has 1 aliphatic heterocycles. The normalized spacial score (nSPS) is 15.5. The summed E-state index contributed by atoms with van der Waals surface area (Å²) >= 11 is 1.38. The standard InChI is InChI=1S/C23H23N3O3S/c1-14-4-6-16(7-5-14)8-11-21(27)25-23-24-18(13-30-23)17-9-10-20-19(12-17)26(3)22(28)15(2)29-20/h4-7,9-10,12-13,15H,8,11H2,1-3H3,(H,24,25,27)/t15-/m1/s1. The summed E-state index contributed by atoms with van der Waals surface area (Å²) in [5.41, 5.74) is 4.67. The molecular weight excluding hydrogens is 398 g/mol. The highest BCUT2D eigenvalue weighted by molar-refractivity contribution is 7.14. The molecule has 6 nitrogen and oxygen atoms in total. The van der Waals surface area contributed by atoms with Gasteiger partial charge in [-0.15, -0.1) is 11.3 Å². The molecule has 0 radical (unpaired) electrons. The quantitative estimate of drug-likeness (QED) is 0.661. The van der Waals surface area contributed by atoms with Crippen molar-refractivity contribution in [1.82, 2.24) is 4.98 Å². The van der Waals surface area contributed by atoms with Crippen LogP contribution in [0.3, 0.4) is 0 Å². The lowest BCUT2D eigenvalue weighted by Crippen LogP contribution is -2.41. The SMILES string of the molecule is Cc1ccc(CCC(=O)Nc2nc(-c3ccc4c(c3)N(C)C(=O)[C@@H](C)O4)cs2)cc1.